The summed E-state index contributed by atoms with van der Waals surface area (Å²) >= 11 is 1.63. The van der Waals surface area contributed by atoms with Gasteiger partial charge in [0.25, 0.3) is 5.91 Å². The molecule has 0 saturated heterocycles. The number of halogens is 1. The number of hydrogen-bond acceptors (Lipinski definition) is 3. The first-order valence-electron chi connectivity index (χ1n) is 13.3. The van der Waals surface area contributed by atoms with Crippen LogP contribution in [0.5, 0.6) is 0 Å². The maximum absolute atomic E-state index is 13.9. The molecule has 4 aromatic rings. The minimum Gasteiger partial charge on any atom is -0.332 e. The van der Waals surface area contributed by atoms with Gasteiger partial charge in [-0.25, -0.2) is 4.39 Å². The van der Waals surface area contributed by atoms with Crippen molar-refractivity contribution in [2.45, 2.75) is 58.2 Å². The first-order valence-corrected chi connectivity index (χ1v) is 14.2. The summed E-state index contributed by atoms with van der Waals surface area (Å²) < 4.78 is 13.5. The zero-order valence-electron chi connectivity index (χ0n) is 21.7. The fourth-order valence-electron chi connectivity index (χ4n) is 5.28. The Morgan fingerprint density at radius 2 is 1.63 bits per heavy atom. The first kappa shape index (κ1) is 26.1. The minimum absolute atomic E-state index is 0.0297. The van der Waals surface area contributed by atoms with Gasteiger partial charge in [-0.05, 0) is 77.4 Å². The number of carbonyl (C=O) groups is 2. The Morgan fingerprint density at radius 3 is 2.34 bits per heavy atom. The summed E-state index contributed by atoms with van der Waals surface area (Å²) in [5, 5.41) is 4.13. The third kappa shape index (κ3) is 6.13. The molecule has 196 valence electrons. The van der Waals surface area contributed by atoms with Crippen molar-refractivity contribution in [3.63, 3.8) is 0 Å². The van der Waals surface area contributed by atoms with Crippen LogP contribution in [0.4, 0.5) is 4.39 Å². The number of amides is 2. The molecule has 1 saturated carbocycles. The van der Waals surface area contributed by atoms with E-state index >= 15 is 0 Å². The smallest absolute Gasteiger partial charge is 0.254 e. The van der Waals surface area contributed by atoms with Gasteiger partial charge in [0, 0.05) is 23.0 Å². The first-order chi connectivity index (χ1) is 18.5. The highest BCUT2D eigenvalue weighted by Gasteiger charge is 2.30. The molecule has 5 rings (SSSR count). The summed E-state index contributed by atoms with van der Waals surface area (Å²) in [5.41, 5.74) is 2.61. The van der Waals surface area contributed by atoms with Crippen molar-refractivity contribution in [2.24, 2.45) is 0 Å². The quantitative estimate of drug-likeness (QED) is 0.240. The average Bonchev–Trinajstić information content (AvgIpc) is 3.36. The number of hydrogen-bond donors (Lipinski definition) is 0. The fourth-order valence-corrected chi connectivity index (χ4v) is 6.20. The van der Waals surface area contributed by atoms with Crippen molar-refractivity contribution in [3.8, 4) is 0 Å². The van der Waals surface area contributed by atoms with E-state index in [9.17, 15) is 14.0 Å². The SMILES string of the molecule is Cc1ccsc1CN(Cc1ccc(F)cc1)C(=O)CN(C(=O)c1ccc2ccccc2c1)C1CCCCC1. The standard InChI is InChI=1S/C32H33FN2O2S/c1-23-17-18-38-30(23)21-34(20-24-11-15-28(33)16-12-24)31(36)22-35(29-9-3-2-4-10-29)32(37)27-14-13-25-7-5-6-8-26(25)19-27/h5-8,11-19,29H,2-4,9-10,20-22H2,1H3. The molecule has 0 radical (unpaired) electrons. The molecule has 1 aliphatic carbocycles. The van der Waals surface area contributed by atoms with Crippen molar-refractivity contribution < 1.29 is 14.0 Å². The normalized spacial score (nSPS) is 13.9. The third-order valence-electron chi connectivity index (χ3n) is 7.52. The highest BCUT2D eigenvalue weighted by Crippen LogP contribution is 2.26. The molecule has 1 aromatic heterocycles. The summed E-state index contributed by atoms with van der Waals surface area (Å²) in [6.07, 6.45) is 5.11. The maximum atomic E-state index is 13.9. The Hall–Kier alpha value is -3.51. The number of thiophene rings is 1. The zero-order valence-corrected chi connectivity index (χ0v) is 22.6. The average molecular weight is 529 g/mol. The van der Waals surface area contributed by atoms with Crippen LogP contribution in [0.25, 0.3) is 10.8 Å². The number of aryl methyl sites for hydroxylation is 1. The highest BCUT2D eigenvalue weighted by atomic mass is 32.1. The number of benzene rings is 3. The van der Waals surface area contributed by atoms with Crippen molar-refractivity contribution in [3.05, 3.63) is 106 Å². The number of nitrogens with zero attached hydrogens (tertiary/aromatic N) is 2. The molecule has 1 aliphatic rings. The van der Waals surface area contributed by atoms with Gasteiger partial charge in [0.2, 0.25) is 5.91 Å². The van der Waals surface area contributed by atoms with Crippen LogP contribution in [0.15, 0.2) is 78.2 Å². The topological polar surface area (TPSA) is 40.6 Å². The predicted molar refractivity (Wildman–Crippen MR) is 152 cm³/mol. The second kappa shape index (κ2) is 11.9. The van der Waals surface area contributed by atoms with E-state index in [1.807, 2.05) is 59.7 Å². The Kier molecular flexibility index (Phi) is 8.18. The molecular formula is C32H33FN2O2S. The van der Waals surface area contributed by atoms with Crippen LogP contribution in [-0.2, 0) is 17.9 Å². The molecule has 0 aliphatic heterocycles. The van der Waals surface area contributed by atoms with Gasteiger partial charge in [0.1, 0.15) is 12.4 Å². The predicted octanol–water partition coefficient (Wildman–Crippen LogP) is 7.35. The lowest BCUT2D eigenvalue weighted by Crippen LogP contribution is -2.48. The molecule has 0 unspecified atom stereocenters. The Labute approximate surface area is 227 Å². The lowest BCUT2D eigenvalue weighted by molar-refractivity contribution is -0.133. The zero-order chi connectivity index (χ0) is 26.5. The van der Waals surface area contributed by atoms with Gasteiger partial charge in [-0.2, -0.15) is 0 Å². The van der Waals surface area contributed by atoms with E-state index in [1.54, 1.807) is 28.4 Å². The van der Waals surface area contributed by atoms with E-state index < -0.39 is 0 Å². The summed E-state index contributed by atoms with van der Waals surface area (Å²) in [5.74, 6) is -0.489. The minimum atomic E-state index is -0.301. The molecule has 2 amide bonds. The van der Waals surface area contributed by atoms with Crippen LogP contribution in [0.2, 0.25) is 0 Å². The Bertz CT molecular complexity index is 1410. The van der Waals surface area contributed by atoms with Gasteiger partial charge < -0.3 is 9.80 Å². The van der Waals surface area contributed by atoms with E-state index in [2.05, 4.69) is 6.07 Å². The van der Waals surface area contributed by atoms with Gasteiger partial charge in [-0.3, -0.25) is 9.59 Å². The molecule has 1 heterocycles. The largest absolute Gasteiger partial charge is 0.332 e. The molecule has 6 heteroatoms. The molecule has 0 spiro atoms. The molecule has 0 atom stereocenters. The second-order valence-electron chi connectivity index (χ2n) is 10.2. The fraction of sp³-hybridized carbons (Fsp3) is 0.312. The summed E-state index contributed by atoms with van der Waals surface area (Å²) in [6, 6.07) is 22.2. The van der Waals surface area contributed by atoms with Crippen LogP contribution < -0.4 is 0 Å². The molecule has 1 fully saturated rings. The summed E-state index contributed by atoms with van der Waals surface area (Å²) in [6.45, 7) is 2.90. The van der Waals surface area contributed by atoms with E-state index in [0.29, 0.717) is 18.7 Å². The van der Waals surface area contributed by atoms with E-state index in [1.165, 1.54) is 12.1 Å². The van der Waals surface area contributed by atoms with Crippen LogP contribution in [-0.4, -0.2) is 34.2 Å². The van der Waals surface area contributed by atoms with Gasteiger partial charge in [0.15, 0.2) is 0 Å². The maximum Gasteiger partial charge on any atom is 0.254 e. The van der Waals surface area contributed by atoms with Gasteiger partial charge in [-0.1, -0.05) is 61.7 Å². The van der Waals surface area contributed by atoms with Crippen LogP contribution in [0.1, 0.15) is 58.5 Å². The monoisotopic (exact) mass is 528 g/mol. The van der Waals surface area contributed by atoms with Gasteiger partial charge in [-0.15, -0.1) is 11.3 Å². The molecule has 38 heavy (non-hydrogen) atoms. The van der Waals surface area contributed by atoms with Crippen molar-refractivity contribution >= 4 is 33.9 Å². The van der Waals surface area contributed by atoms with E-state index in [0.717, 1.165) is 58.9 Å². The van der Waals surface area contributed by atoms with E-state index in [4.69, 9.17) is 0 Å². The lowest BCUT2D eigenvalue weighted by Gasteiger charge is -2.35. The van der Waals surface area contributed by atoms with Crippen LogP contribution >= 0.6 is 11.3 Å². The molecule has 4 nitrogen and oxygen atoms in total. The molecule has 0 N–H and O–H groups in total. The molecule has 0 bridgehead atoms. The summed E-state index contributed by atoms with van der Waals surface area (Å²) in [4.78, 5) is 32.6. The van der Waals surface area contributed by atoms with Crippen LogP contribution in [0.3, 0.4) is 0 Å². The number of carbonyl (C=O) groups excluding carboxylic acids is 2. The van der Waals surface area contributed by atoms with E-state index in [-0.39, 0.29) is 30.2 Å². The summed E-state index contributed by atoms with van der Waals surface area (Å²) in [7, 11) is 0. The Balaban J connectivity index is 1.42. The van der Waals surface area contributed by atoms with Crippen molar-refractivity contribution in [2.75, 3.05) is 6.54 Å². The van der Waals surface area contributed by atoms with Crippen molar-refractivity contribution in [1.82, 2.24) is 9.80 Å². The van der Waals surface area contributed by atoms with Gasteiger partial charge in [0.05, 0.1) is 6.54 Å². The molecular weight excluding hydrogens is 495 g/mol. The molecule has 3 aromatic carbocycles. The van der Waals surface area contributed by atoms with Gasteiger partial charge >= 0.3 is 0 Å². The third-order valence-corrected chi connectivity index (χ3v) is 8.53. The lowest BCUT2D eigenvalue weighted by atomic mass is 9.93. The highest BCUT2D eigenvalue weighted by molar-refractivity contribution is 7.10. The second-order valence-corrected chi connectivity index (χ2v) is 11.2. The van der Waals surface area contributed by atoms with Crippen molar-refractivity contribution in [1.29, 1.82) is 0 Å². The Morgan fingerprint density at radius 1 is 0.895 bits per heavy atom. The van der Waals surface area contributed by atoms with Crippen LogP contribution in [0, 0.1) is 12.7 Å². The number of fused-ring (bicyclic) bond motifs is 1. The number of rotatable bonds is 8.